The predicted molar refractivity (Wildman–Crippen MR) is 76.7 cm³/mol. The zero-order valence-corrected chi connectivity index (χ0v) is 11.4. The molecule has 98 valence electrons. The van der Waals surface area contributed by atoms with Gasteiger partial charge < -0.3 is 9.88 Å². The third-order valence-corrected chi connectivity index (χ3v) is 3.31. The number of benzene rings is 1. The van der Waals surface area contributed by atoms with Gasteiger partial charge in [0.25, 0.3) is 0 Å². The first-order valence-electron chi connectivity index (χ1n) is 6.94. The lowest BCUT2D eigenvalue weighted by molar-refractivity contribution is 0.478. The molecule has 1 unspecified atom stereocenters. The highest BCUT2D eigenvalue weighted by Gasteiger charge is 2.03. The normalized spacial score (nSPS) is 13.0. The Morgan fingerprint density at radius 3 is 3.00 bits per heavy atom. The van der Waals surface area contributed by atoms with E-state index in [0.29, 0.717) is 6.04 Å². The Balaban J connectivity index is 1.83. The van der Waals surface area contributed by atoms with Crippen molar-refractivity contribution in [1.29, 1.82) is 0 Å². The topological polar surface area (TPSA) is 29.9 Å². The SMILES string of the molecule is CCCNC(C)CCCn1cnc2ccccc21. The van der Waals surface area contributed by atoms with Crippen molar-refractivity contribution in [3.05, 3.63) is 30.6 Å². The van der Waals surface area contributed by atoms with Gasteiger partial charge in [0.15, 0.2) is 0 Å². The Labute approximate surface area is 109 Å². The number of fused-ring (bicyclic) bond motifs is 1. The van der Waals surface area contributed by atoms with Gasteiger partial charge in [0.2, 0.25) is 0 Å². The monoisotopic (exact) mass is 245 g/mol. The molecule has 18 heavy (non-hydrogen) atoms. The standard InChI is InChI=1S/C15H23N3/c1-3-10-16-13(2)7-6-11-18-12-17-14-8-4-5-9-15(14)18/h4-5,8-9,12-13,16H,3,6-7,10-11H2,1-2H3. The minimum atomic E-state index is 0.611. The second-order valence-electron chi connectivity index (χ2n) is 4.92. The number of para-hydroxylation sites is 2. The molecule has 1 aromatic carbocycles. The third-order valence-electron chi connectivity index (χ3n) is 3.31. The molecular formula is C15H23N3. The number of nitrogens with zero attached hydrogens (tertiary/aromatic N) is 2. The molecule has 1 N–H and O–H groups in total. The summed E-state index contributed by atoms with van der Waals surface area (Å²) < 4.78 is 2.25. The van der Waals surface area contributed by atoms with E-state index in [1.165, 1.54) is 24.8 Å². The van der Waals surface area contributed by atoms with E-state index >= 15 is 0 Å². The molecule has 0 spiro atoms. The zero-order valence-electron chi connectivity index (χ0n) is 11.4. The first-order valence-corrected chi connectivity index (χ1v) is 6.94. The maximum Gasteiger partial charge on any atom is 0.0958 e. The number of hydrogen-bond donors (Lipinski definition) is 1. The first kappa shape index (κ1) is 13.1. The van der Waals surface area contributed by atoms with Crippen LogP contribution in [0.5, 0.6) is 0 Å². The molecule has 0 radical (unpaired) electrons. The summed E-state index contributed by atoms with van der Waals surface area (Å²) in [5.41, 5.74) is 2.33. The Kier molecular flexibility index (Phi) is 4.76. The summed E-state index contributed by atoms with van der Waals surface area (Å²) in [6.07, 6.45) is 5.57. The average molecular weight is 245 g/mol. The van der Waals surface area contributed by atoms with Crippen molar-refractivity contribution in [1.82, 2.24) is 14.9 Å². The minimum absolute atomic E-state index is 0.611. The van der Waals surface area contributed by atoms with Crippen molar-refractivity contribution in [2.24, 2.45) is 0 Å². The Morgan fingerprint density at radius 2 is 2.17 bits per heavy atom. The van der Waals surface area contributed by atoms with Crippen LogP contribution in [-0.4, -0.2) is 22.1 Å². The summed E-state index contributed by atoms with van der Waals surface area (Å²) in [4.78, 5) is 4.41. The van der Waals surface area contributed by atoms with Crippen LogP contribution in [0.2, 0.25) is 0 Å². The molecule has 3 heteroatoms. The van der Waals surface area contributed by atoms with Crippen LogP contribution >= 0.6 is 0 Å². The highest BCUT2D eigenvalue weighted by Crippen LogP contribution is 2.12. The number of aryl methyl sites for hydroxylation is 1. The van der Waals surface area contributed by atoms with Gasteiger partial charge >= 0.3 is 0 Å². The quantitative estimate of drug-likeness (QED) is 0.811. The van der Waals surface area contributed by atoms with E-state index in [1.54, 1.807) is 0 Å². The lowest BCUT2D eigenvalue weighted by Crippen LogP contribution is -2.26. The van der Waals surface area contributed by atoms with E-state index in [0.717, 1.165) is 18.6 Å². The fourth-order valence-corrected chi connectivity index (χ4v) is 2.25. The van der Waals surface area contributed by atoms with Gasteiger partial charge in [0, 0.05) is 12.6 Å². The highest BCUT2D eigenvalue weighted by molar-refractivity contribution is 5.74. The molecule has 0 saturated carbocycles. The van der Waals surface area contributed by atoms with Gasteiger partial charge in [-0.2, -0.15) is 0 Å². The molecule has 2 aromatic rings. The maximum atomic E-state index is 4.41. The van der Waals surface area contributed by atoms with E-state index in [2.05, 4.69) is 46.9 Å². The first-order chi connectivity index (χ1) is 8.81. The molecule has 2 rings (SSSR count). The molecule has 0 aliphatic heterocycles. The minimum Gasteiger partial charge on any atom is -0.331 e. The highest BCUT2D eigenvalue weighted by atomic mass is 15.0. The van der Waals surface area contributed by atoms with Crippen molar-refractivity contribution in [2.75, 3.05) is 6.54 Å². The van der Waals surface area contributed by atoms with Crippen LogP contribution in [0, 0.1) is 0 Å². The summed E-state index contributed by atoms with van der Waals surface area (Å²) in [6.45, 7) is 6.65. The van der Waals surface area contributed by atoms with E-state index in [1.807, 2.05) is 12.4 Å². The van der Waals surface area contributed by atoms with Gasteiger partial charge in [-0.1, -0.05) is 19.1 Å². The Bertz CT molecular complexity index is 475. The number of hydrogen-bond acceptors (Lipinski definition) is 2. The predicted octanol–water partition coefficient (Wildman–Crippen LogP) is 3.20. The summed E-state index contributed by atoms with van der Waals surface area (Å²) in [7, 11) is 0. The molecule has 3 nitrogen and oxygen atoms in total. The summed E-state index contributed by atoms with van der Waals surface area (Å²) >= 11 is 0. The van der Waals surface area contributed by atoms with Crippen LogP contribution in [0.1, 0.15) is 33.1 Å². The van der Waals surface area contributed by atoms with Crippen LogP contribution < -0.4 is 5.32 Å². The molecule has 0 aliphatic carbocycles. The van der Waals surface area contributed by atoms with Crippen molar-refractivity contribution in [2.45, 2.75) is 45.7 Å². The van der Waals surface area contributed by atoms with E-state index < -0.39 is 0 Å². The zero-order chi connectivity index (χ0) is 12.8. The number of nitrogens with one attached hydrogen (secondary N) is 1. The molecule has 0 aliphatic rings. The number of imidazole rings is 1. The maximum absolute atomic E-state index is 4.41. The van der Waals surface area contributed by atoms with Crippen molar-refractivity contribution >= 4 is 11.0 Å². The largest absolute Gasteiger partial charge is 0.331 e. The second-order valence-corrected chi connectivity index (χ2v) is 4.92. The second kappa shape index (κ2) is 6.55. The van der Waals surface area contributed by atoms with E-state index in [4.69, 9.17) is 0 Å². The Morgan fingerprint density at radius 1 is 1.33 bits per heavy atom. The van der Waals surface area contributed by atoms with Gasteiger partial charge in [-0.05, 0) is 44.9 Å². The van der Waals surface area contributed by atoms with E-state index in [-0.39, 0.29) is 0 Å². The van der Waals surface area contributed by atoms with Crippen LogP contribution in [-0.2, 0) is 6.54 Å². The smallest absolute Gasteiger partial charge is 0.0958 e. The van der Waals surface area contributed by atoms with Crippen LogP contribution in [0.25, 0.3) is 11.0 Å². The average Bonchev–Trinajstić information content (AvgIpc) is 2.80. The van der Waals surface area contributed by atoms with Crippen LogP contribution in [0.15, 0.2) is 30.6 Å². The number of rotatable bonds is 7. The molecule has 0 bridgehead atoms. The molecule has 0 amide bonds. The molecule has 0 fully saturated rings. The molecule has 1 heterocycles. The van der Waals surface area contributed by atoms with Crippen molar-refractivity contribution in [3.8, 4) is 0 Å². The van der Waals surface area contributed by atoms with Crippen LogP contribution in [0.4, 0.5) is 0 Å². The lowest BCUT2D eigenvalue weighted by atomic mass is 10.2. The fraction of sp³-hybridized carbons (Fsp3) is 0.533. The van der Waals surface area contributed by atoms with Crippen LogP contribution in [0.3, 0.4) is 0 Å². The van der Waals surface area contributed by atoms with E-state index in [9.17, 15) is 0 Å². The third kappa shape index (κ3) is 3.33. The summed E-state index contributed by atoms with van der Waals surface area (Å²) in [6, 6.07) is 8.93. The van der Waals surface area contributed by atoms with Crippen molar-refractivity contribution < 1.29 is 0 Å². The summed E-state index contributed by atoms with van der Waals surface area (Å²) in [5, 5.41) is 3.52. The lowest BCUT2D eigenvalue weighted by Gasteiger charge is -2.13. The molecule has 0 saturated heterocycles. The Hall–Kier alpha value is -1.35. The summed E-state index contributed by atoms with van der Waals surface area (Å²) in [5.74, 6) is 0. The molecule has 1 atom stereocenters. The number of aromatic nitrogens is 2. The van der Waals surface area contributed by atoms with Gasteiger partial charge in [-0.15, -0.1) is 0 Å². The van der Waals surface area contributed by atoms with Gasteiger partial charge in [0.1, 0.15) is 0 Å². The van der Waals surface area contributed by atoms with Gasteiger partial charge in [0.05, 0.1) is 17.4 Å². The van der Waals surface area contributed by atoms with Crippen molar-refractivity contribution in [3.63, 3.8) is 0 Å². The fourth-order valence-electron chi connectivity index (χ4n) is 2.25. The van der Waals surface area contributed by atoms with Gasteiger partial charge in [-0.3, -0.25) is 0 Å². The molecular weight excluding hydrogens is 222 g/mol. The molecule has 1 aromatic heterocycles. The van der Waals surface area contributed by atoms with Gasteiger partial charge in [-0.25, -0.2) is 4.98 Å².